The van der Waals surface area contributed by atoms with Crippen LogP contribution in [-0.4, -0.2) is 25.0 Å². The van der Waals surface area contributed by atoms with Gasteiger partial charge in [-0.2, -0.15) is 5.26 Å². The second kappa shape index (κ2) is 9.80. The Labute approximate surface area is 153 Å². The van der Waals surface area contributed by atoms with Crippen LogP contribution in [0.25, 0.3) is 6.08 Å². The maximum absolute atomic E-state index is 12.4. The molecule has 0 radical (unpaired) electrons. The molecule has 2 aromatic carbocycles. The summed E-state index contributed by atoms with van der Waals surface area (Å²) in [5.41, 5.74) is 2.61. The minimum Gasteiger partial charge on any atom is -0.452 e. The fourth-order valence-electron chi connectivity index (χ4n) is 2.27. The number of hydrogen-bond acceptors (Lipinski definition) is 4. The van der Waals surface area contributed by atoms with Crippen molar-refractivity contribution in [1.82, 2.24) is 0 Å². The highest BCUT2D eigenvalue weighted by Gasteiger charge is 2.16. The number of esters is 1. The van der Waals surface area contributed by atoms with Gasteiger partial charge in [-0.1, -0.05) is 48.0 Å². The van der Waals surface area contributed by atoms with E-state index in [0.717, 1.165) is 11.1 Å². The molecule has 0 saturated carbocycles. The zero-order valence-corrected chi connectivity index (χ0v) is 14.6. The quantitative estimate of drug-likeness (QED) is 0.567. The molecule has 0 spiro atoms. The maximum atomic E-state index is 12.4. The molecule has 132 valence electrons. The Bertz CT molecular complexity index is 805. The summed E-state index contributed by atoms with van der Waals surface area (Å²) in [4.78, 5) is 25.7. The van der Waals surface area contributed by atoms with Crippen molar-refractivity contribution >= 4 is 23.6 Å². The normalized spacial score (nSPS) is 10.3. The molecule has 0 aliphatic heterocycles. The van der Waals surface area contributed by atoms with E-state index in [-0.39, 0.29) is 25.5 Å². The monoisotopic (exact) mass is 348 g/mol. The SMILES string of the molecule is Cc1ccc(N(CCC#N)C(=O)COC(=O)/C=C/c2ccccc2)cc1. The number of amides is 1. The van der Waals surface area contributed by atoms with Gasteiger partial charge in [-0.05, 0) is 30.7 Å². The van der Waals surface area contributed by atoms with Crippen LogP contribution in [0.2, 0.25) is 0 Å². The van der Waals surface area contributed by atoms with Crippen LogP contribution >= 0.6 is 0 Å². The summed E-state index contributed by atoms with van der Waals surface area (Å²) in [6, 6.07) is 18.7. The number of nitriles is 1. The number of hydrogen-bond donors (Lipinski definition) is 0. The Kier molecular flexibility index (Phi) is 7.14. The van der Waals surface area contributed by atoms with Gasteiger partial charge in [-0.25, -0.2) is 4.79 Å². The molecule has 0 N–H and O–H groups in total. The van der Waals surface area contributed by atoms with Crippen LogP contribution in [0, 0.1) is 18.3 Å². The average molecular weight is 348 g/mol. The van der Waals surface area contributed by atoms with Gasteiger partial charge in [0.1, 0.15) is 0 Å². The Balaban J connectivity index is 1.96. The van der Waals surface area contributed by atoms with Crippen molar-refractivity contribution < 1.29 is 14.3 Å². The van der Waals surface area contributed by atoms with E-state index in [1.807, 2.05) is 67.6 Å². The van der Waals surface area contributed by atoms with Crippen molar-refractivity contribution in [3.63, 3.8) is 0 Å². The minimum absolute atomic E-state index is 0.196. The van der Waals surface area contributed by atoms with Crippen molar-refractivity contribution in [2.45, 2.75) is 13.3 Å². The predicted octanol–water partition coefficient (Wildman–Crippen LogP) is 3.50. The van der Waals surface area contributed by atoms with Gasteiger partial charge in [0.25, 0.3) is 5.91 Å². The average Bonchev–Trinajstić information content (AvgIpc) is 2.67. The molecule has 5 heteroatoms. The number of aryl methyl sites for hydroxylation is 1. The molecule has 2 rings (SSSR count). The largest absolute Gasteiger partial charge is 0.452 e. The Morgan fingerprint density at radius 2 is 1.81 bits per heavy atom. The third-order valence-electron chi connectivity index (χ3n) is 3.64. The van der Waals surface area contributed by atoms with Gasteiger partial charge in [0, 0.05) is 18.3 Å². The van der Waals surface area contributed by atoms with Crippen LogP contribution in [0.1, 0.15) is 17.5 Å². The van der Waals surface area contributed by atoms with Crippen molar-refractivity contribution in [2.75, 3.05) is 18.1 Å². The van der Waals surface area contributed by atoms with Crippen LogP contribution in [0.5, 0.6) is 0 Å². The first-order chi connectivity index (χ1) is 12.6. The fourth-order valence-corrected chi connectivity index (χ4v) is 2.27. The van der Waals surface area contributed by atoms with Gasteiger partial charge in [-0.3, -0.25) is 4.79 Å². The van der Waals surface area contributed by atoms with Crippen LogP contribution in [0.3, 0.4) is 0 Å². The van der Waals surface area contributed by atoms with Gasteiger partial charge in [-0.15, -0.1) is 0 Å². The molecule has 0 aliphatic rings. The summed E-state index contributed by atoms with van der Waals surface area (Å²) in [6.07, 6.45) is 3.11. The molecule has 0 atom stereocenters. The van der Waals surface area contributed by atoms with Crippen molar-refractivity contribution in [1.29, 1.82) is 5.26 Å². The van der Waals surface area contributed by atoms with Gasteiger partial charge >= 0.3 is 5.97 Å². The van der Waals surface area contributed by atoms with Gasteiger partial charge in [0.05, 0.1) is 12.5 Å². The van der Waals surface area contributed by atoms with Crippen molar-refractivity contribution in [3.8, 4) is 6.07 Å². The first kappa shape index (κ1) is 18.9. The summed E-state index contributed by atoms with van der Waals surface area (Å²) >= 11 is 0. The molecule has 1 amide bonds. The molecule has 5 nitrogen and oxygen atoms in total. The smallest absolute Gasteiger partial charge is 0.331 e. The molecule has 2 aromatic rings. The Hall–Kier alpha value is -3.39. The van der Waals surface area contributed by atoms with Crippen molar-refractivity contribution in [3.05, 3.63) is 71.8 Å². The second-order valence-electron chi connectivity index (χ2n) is 5.64. The topological polar surface area (TPSA) is 70.4 Å². The molecule has 0 saturated heterocycles. The Morgan fingerprint density at radius 3 is 2.46 bits per heavy atom. The highest BCUT2D eigenvalue weighted by molar-refractivity contribution is 5.96. The summed E-state index contributed by atoms with van der Waals surface area (Å²) in [7, 11) is 0. The van der Waals surface area contributed by atoms with E-state index in [4.69, 9.17) is 10.00 Å². The number of ether oxygens (including phenoxy) is 1. The van der Waals surface area contributed by atoms with E-state index in [2.05, 4.69) is 0 Å². The lowest BCUT2D eigenvalue weighted by molar-refractivity contribution is -0.142. The maximum Gasteiger partial charge on any atom is 0.331 e. The lowest BCUT2D eigenvalue weighted by atomic mass is 10.2. The molecule has 0 aliphatic carbocycles. The van der Waals surface area contributed by atoms with Crippen LogP contribution in [0.15, 0.2) is 60.7 Å². The van der Waals surface area contributed by atoms with Gasteiger partial charge in [0.2, 0.25) is 0 Å². The number of nitrogens with zero attached hydrogens (tertiary/aromatic N) is 2. The summed E-state index contributed by atoms with van der Waals surface area (Å²) in [5.74, 6) is -0.961. The summed E-state index contributed by atoms with van der Waals surface area (Å²) in [6.45, 7) is 1.82. The summed E-state index contributed by atoms with van der Waals surface area (Å²) in [5, 5.41) is 8.80. The molecule has 26 heavy (non-hydrogen) atoms. The molecule has 0 fully saturated rings. The lowest BCUT2D eigenvalue weighted by Crippen LogP contribution is -2.35. The molecular weight excluding hydrogens is 328 g/mol. The molecule has 0 aromatic heterocycles. The van der Waals surface area contributed by atoms with E-state index in [1.165, 1.54) is 11.0 Å². The number of carbonyl (C=O) groups excluding carboxylic acids is 2. The van der Waals surface area contributed by atoms with E-state index >= 15 is 0 Å². The molecular formula is C21H20N2O3. The second-order valence-corrected chi connectivity index (χ2v) is 5.64. The van der Waals surface area contributed by atoms with Crippen LogP contribution in [0.4, 0.5) is 5.69 Å². The third-order valence-corrected chi connectivity index (χ3v) is 3.64. The number of benzene rings is 2. The van der Waals surface area contributed by atoms with Gasteiger partial charge < -0.3 is 9.64 Å². The highest BCUT2D eigenvalue weighted by atomic mass is 16.5. The van der Waals surface area contributed by atoms with E-state index in [0.29, 0.717) is 5.69 Å². The number of rotatable bonds is 7. The standard InChI is InChI=1S/C21H20N2O3/c1-17-8-11-19(12-9-17)23(15-5-14-22)20(24)16-26-21(25)13-10-18-6-3-2-4-7-18/h2-4,6-13H,5,15-16H2,1H3/b13-10+. The third kappa shape index (κ3) is 5.91. The molecule has 0 unspecified atom stereocenters. The number of anilines is 1. The number of carbonyl (C=O) groups is 2. The first-order valence-electron chi connectivity index (χ1n) is 8.24. The zero-order valence-electron chi connectivity index (χ0n) is 14.6. The van der Waals surface area contributed by atoms with E-state index < -0.39 is 5.97 Å². The highest BCUT2D eigenvalue weighted by Crippen LogP contribution is 2.16. The first-order valence-corrected chi connectivity index (χ1v) is 8.24. The lowest BCUT2D eigenvalue weighted by Gasteiger charge is -2.21. The van der Waals surface area contributed by atoms with Crippen LogP contribution < -0.4 is 4.90 Å². The summed E-state index contributed by atoms with van der Waals surface area (Å²) < 4.78 is 5.03. The van der Waals surface area contributed by atoms with E-state index in [9.17, 15) is 9.59 Å². The Morgan fingerprint density at radius 1 is 1.12 bits per heavy atom. The van der Waals surface area contributed by atoms with Crippen LogP contribution in [-0.2, 0) is 14.3 Å². The fraction of sp³-hybridized carbons (Fsp3) is 0.190. The zero-order chi connectivity index (χ0) is 18.8. The predicted molar refractivity (Wildman–Crippen MR) is 100 cm³/mol. The van der Waals surface area contributed by atoms with Crippen molar-refractivity contribution in [2.24, 2.45) is 0 Å². The van der Waals surface area contributed by atoms with E-state index in [1.54, 1.807) is 6.08 Å². The van der Waals surface area contributed by atoms with Gasteiger partial charge in [0.15, 0.2) is 6.61 Å². The minimum atomic E-state index is -0.591. The molecule has 0 bridgehead atoms. The molecule has 0 heterocycles.